The Labute approximate surface area is 122 Å². The fourth-order valence-electron chi connectivity index (χ4n) is 1.86. The highest BCUT2D eigenvalue weighted by atomic mass is 79.9. The van der Waals surface area contributed by atoms with Crippen molar-refractivity contribution in [3.05, 3.63) is 34.1 Å². The molecule has 18 heavy (non-hydrogen) atoms. The molecule has 1 rings (SSSR count). The maximum atomic E-state index is 13.0. The van der Waals surface area contributed by atoms with Gasteiger partial charge < -0.3 is 5.32 Å². The zero-order valence-corrected chi connectivity index (χ0v) is 13.6. The van der Waals surface area contributed by atoms with Crippen LogP contribution in [0.3, 0.4) is 0 Å². The largest absolute Gasteiger partial charge is 0.308 e. The number of hydrogen-bond acceptors (Lipinski definition) is 2. The third-order valence-electron chi connectivity index (χ3n) is 2.86. The predicted octanol–water partition coefficient (Wildman–Crippen LogP) is 4.77. The highest BCUT2D eigenvalue weighted by Crippen LogP contribution is 2.24. The Bertz CT molecular complexity index is 373. The van der Waals surface area contributed by atoms with Gasteiger partial charge in [0.2, 0.25) is 0 Å². The van der Waals surface area contributed by atoms with Gasteiger partial charge in [0.25, 0.3) is 0 Å². The minimum Gasteiger partial charge on any atom is -0.308 e. The zero-order chi connectivity index (χ0) is 13.5. The number of halogens is 2. The maximum absolute atomic E-state index is 13.0. The van der Waals surface area contributed by atoms with E-state index in [1.54, 1.807) is 0 Å². The molecule has 1 N–H and O–H groups in total. The van der Waals surface area contributed by atoms with E-state index in [1.807, 2.05) is 17.8 Å². The van der Waals surface area contributed by atoms with Gasteiger partial charge in [-0.1, -0.05) is 28.9 Å². The molecule has 0 aliphatic heterocycles. The lowest BCUT2D eigenvalue weighted by Gasteiger charge is -2.21. The molecule has 0 aromatic heterocycles. The molecule has 0 aliphatic rings. The van der Waals surface area contributed by atoms with Gasteiger partial charge in [-0.05, 0) is 49.5 Å². The first-order valence-corrected chi connectivity index (χ1v) is 8.28. The third kappa shape index (κ3) is 5.29. The summed E-state index contributed by atoms with van der Waals surface area (Å²) >= 11 is 5.38. The van der Waals surface area contributed by atoms with Crippen LogP contribution in [0.5, 0.6) is 0 Å². The van der Waals surface area contributed by atoms with Crippen molar-refractivity contribution >= 4 is 27.7 Å². The van der Waals surface area contributed by atoms with E-state index in [9.17, 15) is 4.39 Å². The van der Waals surface area contributed by atoms with Crippen molar-refractivity contribution in [1.82, 2.24) is 5.32 Å². The topological polar surface area (TPSA) is 12.0 Å². The molecular formula is C14H21BrFNS. The molecule has 4 heteroatoms. The Morgan fingerprint density at radius 3 is 2.72 bits per heavy atom. The SMILES string of the molecule is CCSCCC(C)NC(C)c1ccc(F)cc1Br. The Hall–Kier alpha value is -0.0600. The second-order valence-corrected chi connectivity index (χ2v) is 6.69. The summed E-state index contributed by atoms with van der Waals surface area (Å²) in [4.78, 5) is 0. The van der Waals surface area contributed by atoms with Gasteiger partial charge in [0.1, 0.15) is 5.82 Å². The van der Waals surface area contributed by atoms with E-state index in [2.05, 4.69) is 42.0 Å². The van der Waals surface area contributed by atoms with E-state index >= 15 is 0 Å². The molecule has 0 fully saturated rings. The summed E-state index contributed by atoms with van der Waals surface area (Å²) in [5, 5.41) is 3.55. The molecular weight excluding hydrogens is 313 g/mol. The van der Waals surface area contributed by atoms with Crippen molar-refractivity contribution in [2.75, 3.05) is 11.5 Å². The van der Waals surface area contributed by atoms with Crippen molar-refractivity contribution < 1.29 is 4.39 Å². The van der Waals surface area contributed by atoms with Crippen LogP contribution in [0, 0.1) is 5.82 Å². The van der Waals surface area contributed by atoms with Crippen LogP contribution in [-0.4, -0.2) is 17.5 Å². The number of rotatable bonds is 7. The van der Waals surface area contributed by atoms with E-state index in [-0.39, 0.29) is 11.9 Å². The lowest BCUT2D eigenvalue weighted by Crippen LogP contribution is -2.29. The molecule has 1 nitrogen and oxygen atoms in total. The first-order chi connectivity index (χ1) is 8.54. The van der Waals surface area contributed by atoms with Gasteiger partial charge in [0.05, 0.1) is 0 Å². The van der Waals surface area contributed by atoms with Crippen LogP contribution < -0.4 is 5.32 Å². The van der Waals surface area contributed by atoms with Crippen LogP contribution in [0.1, 0.15) is 38.8 Å². The van der Waals surface area contributed by atoms with Gasteiger partial charge >= 0.3 is 0 Å². The molecule has 2 unspecified atom stereocenters. The van der Waals surface area contributed by atoms with E-state index < -0.39 is 0 Å². The van der Waals surface area contributed by atoms with Crippen LogP contribution in [0.15, 0.2) is 22.7 Å². The van der Waals surface area contributed by atoms with Gasteiger partial charge in [-0.3, -0.25) is 0 Å². The maximum Gasteiger partial charge on any atom is 0.124 e. The van der Waals surface area contributed by atoms with Crippen LogP contribution >= 0.6 is 27.7 Å². The van der Waals surface area contributed by atoms with Crippen LogP contribution in [-0.2, 0) is 0 Å². The Kier molecular flexibility index (Phi) is 7.27. The smallest absolute Gasteiger partial charge is 0.124 e. The zero-order valence-electron chi connectivity index (χ0n) is 11.2. The first kappa shape index (κ1) is 16.0. The van der Waals surface area contributed by atoms with Crippen molar-refractivity contribution in [2.45, 2.75) is 39.3 Å². The number of hydrogen-bond donors (Lipinski definition) is 1. The summed E-state index contributed by atoms with van der Waals surface area (Å²) in [7, 11) is 0. The predicted molar refractivity (Wildman–Crippen MR) is 82.7 cm³/mol. The average molecular weight is 334 g/mol. The van der Waals surface area contributed by atoms with Gasteiger partial charge in [0.15, 0.2) is 0 Å². The average Bonchev–Trinajstić information content (AvgIpc) is 2.28. The fourth-order valence-corrected chi connectivity index (χ4v) is 3.36. The van der Waals surface area contributed by atoms with E-state index in [4.69, 9.17) is 0 Å². The molecule has 0 amide bonds. The van der Waals surface area contributed by atoms with E-state index in [0.717, 1.165) is 16.5 Å². The lowest BCUT2D eigenvalue weighted by molar-refractivity contribution is 0.470. The molecule has 0 aliphatic carbocycles. The van der Waals surface area contributed by atoms with Gasteiger partial charge in [-0.25, -0.2) is 4.39 Å². The molecule has 0 saturated heterocycles. The molecule has 1 aromatic rings. The lowest BCUT2D eigenvalue weighted by atomic mass is 10.1. The summed E-state index contributed by atoms with van der Waals surface area (Å²) in [5.41, 5.74) is 1.10. The summed E-state index contributed by atoms with van der Waals surface area (Å²) in [5.74, 6) is 2.15. The number of nitrogens with one attached hydrogen (secondary N) is 1. The third-order valence-corrected chi connectivity index (χ3v) is 4.48. The van der Waals surface area contributed by atoms with Gasteiger partial charge in [-0.2, -0.15) is 11.8 Å². The second kappa shape index (κ2) is 8.18. The van der Waals surface area contributed by atoms with Crippen molar-refractivity contribution in [1.29, 1.82) is 0 Å². The van der Waals surface area contributed by atoms with Crippen molar-refractivity contribution in [3.8, 4) is 0 Å². The Morgan fingerprint density at radius 2 is 2.11 bits per heavy atom. The summed E-state index contributed by atoms with van der Waals surface area (Å²) in [6.07, 6.45) is 1.15. The molecule has 0 radical (unpaired) electrons. The quantitative estimate of drug-likeness (QED) is 0.721. The molecule has 1 aromatic carbocycles. The van der Waals surface area contributed by atoms with Crippen LogP contribution in [0.4, 0.5) is 4.39 Å². The van der Waals surface area contributed by atoms with Crippen LogP contribution in [0.25, 0.3) is 0 Å². The van der Waals surface area contributed by atoms with Crippen molar-refractivity contribution in [2.24, 2.45) is 0 Å². The molecule has 2 atom stereocenters. The summed E-state index contributed by atoms with van der Waals surface area (Å²) in [6, 6.07) is 5.56. The Morgan fingerprint density at radius 1 is 1.39 bits per heavy atom. The number of benzene rings is 1. The fraction of sp³-hybridized carbons (Fsp3) is 0.571. The molecule has 0 saturated carbocycles. The monoisotopic (exact) mass is 333 g/mol. The van der Waals surface area contributed by atoms with Gasteiger partial charge in [-0.15, -0.1) is 0 Å². The standard InChI is InChI=1S/C14H21BrFNS/c1-4-18-8-7-10(2)17-11(3)13-6-5-12(16)9-14(13)15/h5-6,9-11,17H,4,7-8H2,1-3H3. The van der Waals surface area contributed by atoms with Gasteiger partial charge in [0, 0.05) is 16.6 Å². The Balaban J connectivity index is 2.51. The molecule has 0 heterocycles. The normalized spacial score (nSPS) is 14.5. The first-order valence-electron chi connectivity index (χ1n) is 6.33. The van der Waals surface area contributed by atoms with Crippen LogP contribution in [0.2, 0.25) is 0 Å². The summed E-state index contributed by atoms with van der Waals surface area (Å²) in [6.45, 7) is 6.49. The minimum absolute atomic E-state index is 0.204. The number of thioether (sulfide) groups is 1. The van der Waals surface area contributed by atoms with E-state index in [0.29, 0.717) is 6.04 Å². The molecule has 0 bridgehead atoms. The molecule has 0 spiro atoms. The van der Waals surface area contributed by atoms with E-state index in [1.165, 1.54) is 23.6 Å². The summed E-state index contributed by atoms with van der Waals surface area (Å²) < 4.78 is 13.9. The highest BCUT2D eigenvalue weighted by Gasteiger charge is 2.12. The second-order valence-electron chi connectivity index (χ2n) is 4.44. The minimum atomic E-state index is -0.204. The van der Waals surface area contributed by atoms with Crippen molar-refractivity contribution in [3.63, 3.8) is 0 Å². The molecule has 102 valence electrons. The highest BCUT2D eigenvalue weighted by molar-refractivity contribution is 9.10.